The molecule has 0 rings (SSSR count). The first kappa shape index (κ1) is 9.40. The molecule has 0 aromatic rings. The van der Waals surface area contributed by atoms with Crippen LogP contribution in [0.1, 0.15) is 39.5 Å². The molecule has 0 aliphatic carbocycles. The minimum Gasteiger partial charge on any atom is -0.305 e. The van der Waals surface area contributed by atoms with E-state index in [2.05, 4.69) is 24.2 Å². The molecule has 0 saturated carbocycles. The van der Waals surface area contributed by atoms with Crippen LogP contribution >= 0.6 is 0 Å². The van der Waals surface area contributed by atoms with Gasteiger partial charge in [-0.3, -0.25) is 0 Å². The van der Waals surface area contributed by atoms with Crippen LogP contribution in [0.5, 0.6) is 0 Å². The van der Waals surface area contributed by atoms with Crippen LogP contribution in [-0.4, -0.2) is 6.04 Å². The zero-order valence-corrected chi connectivity index (χ0v) is 6.88. The quantitative estimate of drug-likeness (QED) is 0.358. The van der Waals surface area contributed by atoms with Gasteiger partial charge in [-0.15, -0.1) is 0 Å². The summed E-state index contributed by atoms with van der Waals surface area (Å²) in [4.78, 5) is 0. The predicted octanol–water partition coefficient (Wildman–Crippen LogP) is 2.28. The first-order chi connectivity index (χ1) is 4.85. The van der Waals surface area contributed by atoms with Gasteiger partial charge in [0, 0.05) is 0 Å². The molecule has 0 fully saturated rings. The van der Waals surface area contributed by atoms with Crippen molar-refractivity contribution in [2.24, 2.45) is 16.2 Å². The Bertz CT molecular complexity index is 84.9. The topological polar surface area (TPSA) is 50.7 Å². The average molecular weight is 143 g/mol. The summed E-state index contributed by atoms with van der Waals surface area (Å²) in [7, 11) is 0. The SMILES string of the molecule is CCCC(CCC)N=NN. The van der Waals surface area contributed by atoms with Crippen molar-refractivity contribution in [1.82, 2.24) is 0 Å². The van der Waals surface area contributed by atoms with E-state index in [0.717, 1.165) is 25.7 Å². The van der Waals surface area contributed by atoms with Crippen LogP contribution < -0.4 is 5.84 Å². The van der Waals surface area contributed by atoms with E-state index in [1.54, 1.807) is 0 Å². The maximum atomic E-state index is 4.95. The highest BCUT2D eigenvalue weighted by molar-refractivity contribution is 4.61. The van der Waals surface area contributed by atoms with Crippen molar-refractivity contribution in [3.05, 3.63) is 0 Å². The van der Waals surface area contributed by atoms with E-state index >= 15 is 0 Å². The van der Waals surface area contributed by atoms with E-state index in [1.807, 2.05) is 0 Å². The van der Waals surface area contributed by atoms with E-state index in [4.69, 9.17) is 5.84 Å². The van der Waals surface area contributed by atoms with Gasteiger partial charge in [0.1, 0.15) is 0 Å². The zero-order chi connectivity index (χ0) is 7.82. The Balaban J connectivity index is 3.50. The van der Waals surface area contributed by atoms with Crippen LogP contribution in [0, 0.1) is 0 Å². The summed E-state index contributed by atoms with van der Waals surface area (Å²) in [6.07, 6.45) is 4.52. The minimum absolute atomic E-state index is 0.361. The molecule has 2 N–H and O–H groups in total. The molecule has 0 bridgehead atoms. The Hall–Kier alpha value is -0.600. The van der Waals surface area contributed by atoms with Gasteiger partial charge < -0.3 is 5.84 Å². The van der Waals surface area contributed by atoms with Gasteiger partial charge in [0.2, 0.25) is 0 Å². The molecule has 3 heteroatoms. The molecule has 0 unspecified atom stereocenters. The van der Waals surface area contributed by atoms with Gasteiger partial charge >= 0.3 is 0 Å². The summed E-state index contributed by atoms with van der Waals surface area (Å²) in [6.45, 7) is 4.30. The van der Waals surface area contributed by atoms with Gasteiger partial charge in [0.25, 0.3) is 0 Å². The molecule has 60 valence electrons. The Morgan fingerprint density at radius 1 is 1.20 bits per heavy atom. The van der Waals surface area contributed by atoms with Gasteiger partial charge in [-0.25, -0.2) is 0 Å². The number of rotatable bonds is 5. The first-order valence-electron chi connectivity index (χ1n) is 3.95. The van der Waals surface area contributed by atoms with Crippen LogP contribution in [0.25, 0.3) is 0 Å². The van der Waals surface area contributed by atoms with Crippen molar-refractivity contribution < 1.29 is 0 Å². The molecule has 0 aromatic carbocycles. The monoisotopic (exact) mass is 143 g/mol. The molecule has 0 aromatic heterocycles. The van der Waals surface area contributed by atoms with Crippen molar-refractivity contribution in [3.63, 3.8) is 0 Å². The number of nitrogens with two attached hydrogens (primary N) is 1. The van der Waals surface area contributed by atoms with Crippen LogP contribution in [0.2, 0.25) is 0 Å². The van der Waals surface area contributed by atoms with E-state index in [9.17, 15) is 0 Å². The smallest absolute Gasteiger partial charge is 0.0729 e. The number of hydrogen-bond donors (Lipinski definition) is 1. The van der Waals surface area contributed by atoms with Gasteiger partial charge in [-0.2, -0.15) is 5.11 Å². The minimum atomic E-state index is 0.361. The second-order valence-electron chi connectivity index (χ2n) is 2.46. The molecule has 10 heavy (non-hydrogen) atoms. The first-order valence-corrected chi connectivity index (χ1v) is 3.95. The highest BCUT2D eigenvalue weighted by Gasteiger charge is 2.02. The van der Waals surface area contributed by atoms with Crippen LogP contribution in [-0.2, 0) is 0 Å². The lowest BCUT2D eigenvalue weighted by Gasteiger charge is -2.05. The van der Waals surface area contributed by atoms with Crippen LogP contribution in [0.3, 0.4) is 0 Å². The van der Waals surface area contributed by atoms with E-state index in [0.29, 0.717) is 6.04 Å². The Kier molecular flexibility index (Phi) is 6.13. The van der Waals surface area contributed by atoms with Gasteiger partial charge in [-0.1, -0.05) is 31.9 Å². The molecule has 0 aliphatic heterocycles. The molecular formula is C7H17N3. The van der Waals surface area contributed by atoms with Gasteiger partial charge in [0.15, 0.2) is 0 Å². The van der Waals surface area contributed by atoms with Gasteiger partial charge in [-0.05, 0) is 12.8 Å². The third-order valence-electron chi connectivity index (χ3n) is 1.47. The summed E-state index contributed by atoms with van der Waals surface area (Å²) in [5, 5.41) is 7.20. The highest BCUT2D eigenvalue weighted by atomic mass is 15.3. The highest BCUT2D eigenvalue weighted by Crippen LogP contribution is 2.08. The fraction of sp³-hybridized carbons (Fsp3) is 1.00. The summed E-state index contributed by atoms with van der Waals surface area (Å²) >= 11 is 0. The van der Waals surface area contributed by atoms with Crippen LogP contribution in [0.15, 0.2) is 10.3 Å². The van der Waals surface area contributed by atoms with Crippen molar-refractivity contribution in [1.29, 1.82) is 0 Å². The normalized spacial score (nSPS) is 11.5. The molecule has 0 spiro atoms. The molecule has 0 radical (unpaired) electrons. The lowest BCUT2D eigenvalue weighted by molar-refractivity contribution is 0.529. The largest absolute Gasteiger partial charge is 0.305 e. The Morgan fingerprint density at radius 3 is 2.00 bits per heavy atom. The third-order valence-corrected chi connectivity index (χ3v) is 1.47. The third kappa shape index (κ3) is 4.30. The Labute approximate surface area is 62.7 Å². The summed E-state index contributed by atoms with van der Waals surface area (Å²) in [5.74, 6) is 4.95. The van der Waals surface area contributed by atoms with Gasteiger partial charge in [0.05, 0.1) is 6.04 Å². The molecule has 0 atom stereocenters. The average Bonchev–Trinajstić information content (AvgIpc) is 1.90. The molecule has 0 saturated heterocycles. The second kappa shape index (κ2) is 6.52. The molecular weight excluding hydrogens is 126 g/mol. The molecule has 0 amide bonds. The van der Waals surface area contributed by atoms with E-state index in [-0.39, 0.29) is 0 Å². The van der Waals surface area contributed by atoms with Crippen molar-refractivity contribution in [2.75, 3.05) is 0 Å². The summed E-state index contributed by atoms with van der Waals surface area (Å²) in [6, 6.07) is 0.361. The predicted molar refractivity (Wildman–Crippen MR) is 42.6 cm³/mol. The maximum Gasteiger partial charge on any atom is 0.0729 e. The fourth-order valence-electron chi connectivity index (χ4n) is 1.02. The lowest BCUT2D eigenvalue weighted by Crippen LogP contribution is -2.02. The maximum absolute atomic E-state index is 4.95. The van der Waals surface area contributed by atoms with Crippen molar-refractivity contribution in [3.8, 4) is 0 Å². The van der Waals surface area contributed by atoms with Crippen molar-refractivity contribution in [2.45, 2.75) is 45.6 Å². The number of hydrogen-bond acceptors (Lipinski definition) is 2. The zero-order valence-electron chi connectivity index (χ0n) is 6.88. The molecule has 3 nitrogen and oxygen atoms in total. The lowest BCUT2D eigenvalue weighted by atomic mass is 10.1. The Morgan fingerprint density at radius 2 is 1.70 bits per heavy atom. The summed E-state index contributed by atoms with van der Waals surface area (Å²) < 4.78 is 0. The second-order valence-corrected chi connectivity index (χ2v) is 2.46. The standard InChI is InChI=1S/C7H17N3/c1-3-5-7(6-4-2)9-10-8/h7H,3-6H2,1-2H3,(H2,8,9). The molecule has 0 aliphatic rings. The van der Waals surface area contributed by atoms with E-state index in [1.165, 1.54) is 0 Å². The van der Waals surface area contributed by atoms with Crippen LogP contribution in [0.4, 0.5) is 0 Å². The van der Waals surface area contributed by atoms with Crippen molar-refractivity contribution >= 4 is 0 Å². The van der Waals surface area contributed by atoms with E-state index < -0.39 is 0 Å². The fourth-order valence-corrected chi connectivity index (χ4v) is 1.02. The molecule has 0 heterocycles. The number of nitrogens with zero attached hydrogens (tertiary/aromatic N) is 2. The summed E-state index contributed by atoms with van der Waals surface area (Å²) in [5.41, 5.74) is 0.